The predicted octanol–water partition coefficient (Wildman–Crippen LogP) is 2.64. The highest BCUT2D eigenvalue weighted by atomic mass is 127. The fourth-order valence-corrected chi connectivity index (χ4v) is 3.23. The summed E-state index contributed by atoms with van der Waals surface area (Å²) in [4.78, 5) is 6.81. The number of anilines is 1. The van der Waals surface area contributed by atoms with Gasteiger partial charge in [-0.05, 0) is 37.5 Å². The van der Waals surface area contributed by atoms with Gasteiger partial charge in [0.15, 0.2) is 5.96 Å². The van der Waals surface area contributed by atoms with Crippen LogP contribution in [0.3, 0.4) is 0 Å². The van der Waals surface area contributed by atoms with Crippen molar-refractivity contribution in [3.8, 4) is 0 Å². The van der Waals surface area contributed by atoms with E-state index in [2.05, 4.69) is 69.1 Å². The average Bonchev–Trinajstić information content (AvgIpc) is 3.07. The molecule has 0 aliphatic carbocycles. The molecule has 3 rings (SSSR count). The van der Waals surface area contributed by atoms with E-state index in [1.165, 1.54) is 24.1 Å². The topological polar surface area (TPSA) is 57.5 Å². The molecule has 26 heavy (non-hydrogen) atoms. The first-order valence-electron chi connectivity index (χ1n) is 9.01. The lowest BCUT2D eigenvalue weighted by atomic mass is 10.1. The zero-order valence-corrected chi connectivity index (χ0v) is 17.9. The Kier molecular flexibility index (Phi) is 8.21. The van der Waals surface area contributed by atoms with Gasteiger partial charge in [-0.1, -0.05) is 18.2 Å². The van der Waals surface area contributed by atoms with Crippen LogP contribution in [-0.2, 0) is 6.54 Å². The molecule has 6 nitrogen and oxygen atoms in total. The Hall–Kier alpha value is -1.77. The van der Waals surface area contributed by atoms with Gasteiger partial charge < -0.3 is 15.5 Å². The van der Waals surface area contributed by atoms with Gasteiger partial charge in [0.05, 0.1) is 12.7 Å². The lowest BCUT2D eigenvalue weighted by Crippen LogP contribution is -2.51. The van der Waals surface area contributed by atoms with Crippen LogP contribution in [0.1, 0.15) is 18.4 Å². The third-order valence-electron chi connectivity index (χ3n) is 4.50. The molecule has 2 heterocycles. The zero-order chi connectivity index (χ0) is 17.5. The Labute approximate surface area is 173 Å². The molecule has 1 saturated heterocycles. The van der Waals surface area contributed by atoms with Gasteiger partial charge in [-0.3, -0.25) is 9.67 Å². The molecule has 1 atom stereocenters. The Morgan fingerprint density at radius 3 is 2.81 bits per heavy atom. The van der Waals surface area contributed by atoms with Crippen LogP contribution in [0, 0.1) is 6.92 Å². The molecule has 0 bridgehead atoms. The quantitative estimate of drug-likeness (QED) is 0.403. The number of aryl methyl sites for hydroxylation is 1. The van der Waals surface area contributed by atoms with Crippen molar-refractivity contribution in [1.82, 2.24) is 20.4 Å². The number of aliphatic imine (C=N–C) groups is 1. The zero-order valence-electron chi connectivity index (χ0n) is 15.6. The first-order valence-corrected chi connectivity index (χ1v) is 9.01. The monoisotopic (exact) mass is 468 g/mol. The highest BCUT2D eigenvalue weighted by Crippen LogP contribution is 2.19. The van der Waals surface area contributed by atoms with Gasteiger partial charge in [-0.2, -0.15) is 5.10 Å². The SMILES string of the molecule is CN=C(NCCn1cc(C)cn1)NC1CCCN(c2ccccc2)C1.I. The van der Waals surface area contributed by atoms with Gasteiger partial charge in [-0.15, -0.1) is 24.0 Å². The minimum absolute atomic E-state index is 0. The number of guanidine groups is 1. The molecule has 0 spiro atoms. The lowest BCUT2D eigenvalue weighted by molar-refractivity contribution is 0.466. The molecule has 1 fully saturated rings. The van der Waals surface area contributed by atoms with Gasteiger partial charge in [0.1, 0.15) is 0 Å². The second-order valence-corrected chi connectivity index (χ2v) is 6.54. The molecule has 1 unspecified atom stereocenters. The second-order valence-electron chi connectivity index (χ2n) is 6.54. The normalized spacial score (nSPS) is 17.5. The van der Waals surface area contributed by atoms with Crippen molar-refractivity contribution in [2.24, 2.45) is 4.99 Å². The molecular formula is C19H29IN6. The molecule has 2 N–H and O–H groups in total. The summed E-state index contributed by atoms with van der Waals surface area (Å²) in [7, 11) is 1.82. The van der Waals surface area contributed by atoms with Crippen LogP contribution in [-0.4, -0.2) is 48.5 Å². The summed E-state index contributed by atoms with van der Waals surface area (Å²) < 4.78 is 1.95. The summed E-state index contributed by atoms with van der Waals surface area (Å²) in [6, 6.07) is 11.0. The van der Waals surface area contributed by atoms with Gasteiger partial charge in [0.25, 0.3) is 0 Å². The number of nitrogens with zero attached hydrogens (tertiary/aromatic N) is 4. The average molecular weight is 468 g/mol. The highest BCUT2D eigenvalue weighted by Gasteiger charge is 2.20. The summed E-state index contributed by atoms with van der Waals surface area (Å²) in [5.41, 5.74) is 2.48. The second kappa shape index (κ2) is 10.4. The van der Waals surface area contributed by atoms with E-state index in [0.29, 0.717) is 6.04 Å². The van der Waals surface area contributed by atoms with Crippen molar-refractivity contribution in [1.29, 1.82) is 0 Å². The standard InChI is InChI=1S/C19H28N6.HI/c1-16-13-22-25(14-16)12-10-21-19(20-2)23-17-7-6-11-24(15-17)18-8-4-3-5-9-18;/h3-5,8-9,13-14,17H,6-7,10-12,15H2,1-2H3,(H2,20,21,23);1H. The van der Waals surface area contributed by atoms with Crippen LogP contribution in [0.2, 0.25) is 0 Å². The van der Waals surface area contributed by atoms with Crippen molar-refractivity contribution in [2.45, 2.75) is 32.4 Å². The molecule has 7 heteroatoms. The van der Waals surface area contributed by atoms with Crippen molar-refractivity contribution < 1.29 is 0 Å². The van der Waals surface area contributed by atoms with Crippen molar-refractivity contribution >= 4 is 35.6 Å². The van der Waals surface area contributed by atoms with Crippen LogP contribution in [0.25, 0.3) is 0 Å². The van der Waals surface area contributed by atoms with E-state index >= 15 is 0 Å². The van der Waals surface area contributed by atoms with Gasteiger partial charge >= 0.3 is 0 Å². The Balaban J connectivity index is 0.00000243. The number of rotatable bonds is 5. The molecule has 1 aliphatic rings. The molecule has 1 aliphatic heterocycles. The Bertz CT molecular complexity index is 684. The third-order valence-corrected chi connectivity index (χ3v) is 4.50. The fourth-order valence-electron chi connectivity index (χ4n) is 3.23. The van der Waals surface area contributed by atoms with Crippen molar-refractivity contribution in [2.75, 3.05) is 31.6 Å². The largest absolute Gasteiger partial charge is 0.369 e. The number of hydrogen-bond acceptors (Lipinski definition) is 3. The summed E-state index contributed by atoms with van der Waals surface area (Å²) in [5, 5.41) is 11.3. The van der Waals surface area contributed by atoms with Crippen LogP contribution in [0.5, 0.6) is 0 Å². The van der Waals surface area contributed by atoms with Crippen LogP contribution in [0.15, 0.2) is 47.7 Å². The van der Waals surface area contributed by atoms with Gasteiger partial charge in [0.2, 0.25) is 0 Å². The molecule has 0 radical (unpaired) electrons. The van der Waals surface area contributed by atoms with Gasteiger partial charge in [-0.25, -0.2) is 0 Å². The fraction of sp³-hybridized carbons (Fsp3) is 0.474. The van der Waals surface area contributed by atoms with Crippen LogP contribution in [0.4, 0.5) is 5.69 Å². The molecule has 1 aromatic heterocycles. The first-order chi connectivity index (χ1) is 12.2. The highest BCUT2D eigenvalue weighted by molar-refractivity contribution is 14.0. The Morgan fingerprint density at radius 1 is 1.31 bits per heavy atom. The van der Waals surface area contributed by atoms with E-state index < -0.39 is 0 Å². The summed E-state index contributed by atoms with van der Waals surface area (Å²) >= 11 is 0. The van der Waals surface area contributed by atoms with Crippen LogP contribution < -0.4 is 15.5 Å². The minimum atomic E-state index is 0. The molecule has 0 amide bonds. The number of hydrogen-bond donors (Lipinski definition) is 2. The van der Waals surface area contributed by atoms with E-state index in [1.807, 2.05) is 17.9 Å². The van der Waals surface area contributed by atoms with E-state index in [4.69, 9.17) is 0 Å². The van der Waals surface area contributed by atoms with E-state index in [0.717, 1.165) is 32.1 Å². The smallest absolute Gasteiger partial charge is 0.191 e. The number of nitrogens with one attached hydrogen (secondary N) is 2. The van der Waals surface area contributed by atoms with Crippen molar-refractivity contribution in [3.05, 3.63) is 48.3 Å². The number of halogens is 1. The number of para-hydroxylation sites is 1. The summed E-state index contributed by atoms with van der Waals surface area (Å²) in [6.45, 7) is 5.81. The third kappa shape index (κ3) is 5.89. The van der Waals surface area contributed by atoms with Gasteiger partial charge in [0, 0.05) is 44.6 Å². The minimum Gasteiger partial charge on any atom is -0.369 e. The molecule has 2 aromatic rings. The Morgan fingerprint density at radius 2 is 2.12 bits per heavy atom. The summed E-state index contributed by atoms with van der Waals surface area (Å²) in [5.74, 6) is 0.865. The number of benzene rings is 1. The lowest BCUT2D eigenvalue weighted by Gasteiger charge is -2.35. The molecular weight excluding hydrogens is 439 g/mol. The number of piperidine rings is 1. The molecule has 0 saturated carbocycles. The maximum atomic E-state index is 4.36. The predicted molar refractivity (Wildman–Crippen MR) is 119 cm³/mol. The molecule has 142 valence electrons. The van der Waals surface area contributed by atoms with Crippen molar-refractivity contribution in [3.63, 3.8) is 0 Å². The first kappa shape index (κ1) is 20.5. The molecule has 1 aromatic carbocycles. The maximum absolute atomic E-state index is 4.36. The van der Waals surface area contributed by atoms with E-state index in [1.54, 1.807) is 0 Å². The van der Waals surface area contributed by atoms with Crippen LogP contribution >= 0.6 is 24.0 Å². The van der Waals surface area contributed by atoms with E-state index in [9.17, 15) is 0 Å². The number of aromatic nitrogens is 2. The summed E-state index contributed by atoms with van der Waals surface area (Å²) in [6.07, 6.45) is 6.29. The van der Waals surface area contributed by atoms with E-state index in [-0.39, 0.29) is 24.0 Å². The maximum Gasteiger partial charge on any atom is 0.191 e.